The Labute approximate surface area is 219 Å². The predicted octanol–water partition coefficient (Wildman–Crippen LogP) is 7.52. The van der Waals surface area contributed by atoms with E-state index >= 15 is 0 Å². The minimum atomic E-state index is -3.00. The van der Waals surface area contributed by atoms with Gasteiger partial charge in [-0.05, 0) is 60.1 Å². The van der Waals surface area contributed by atoms with E-state index in [4.69, 9.17) is 22.2 Å². The van der Waals surface area contributed by atoms with E-state index in [1.54, 1.807) is 54.9 Å². The van der Waals surface area contributed by atoms with Crippen molar-refractivity contribution in [3.63, 3.8) is 0 Å². The first-order valence-electron chi connectivity index (χ1n) is 17.5. The molecule has 34 heavy (non-hydrogen) atoms. The molecule has 0 amide bonds. The van der Waals surface area contributed by atoms with Crippen LogP contribution in [0.5, 0.6) is 0 Å². The number of rotatable bonds is 2. The molecule has 3 nitrogen and oxygen atoms in total. The second-order valence-electron chi connectivity index (χ2n) is 9.00. The first kappa shape index (κ1) is 11.3. The monoisotopic (exact) mass is 460 g/mol. The summed E-state index contributed by atoms with van der Waals surface area (Å²) >= 11 is 0. The molecule has 170 valence electrons. The van der Waals surface area contributed by atoms with Crippen molar-refractivity contribution in [2.24, 2.45) is 7.05 Å². The molecule has 0 aliphatic heterocycles. The van der Waals surface area contributed by atoms with E-state index in [9.17, 15) is 0 Å². The summed E-state index contributed by atoms with van der Waals surface area (Å²) in [5.41, 5.74) is 0.216. The van der Waals surface area contributed by atoms with E-state index in [2.05, 4.69) is 4.98 Å². The normalized spacial score (nSPS) is 23.1. The van der Waals surface area contributed by atoms with Gasteiger partial charge in [0.1, 0.15) is 18.2 Å². The highest BCUT2D eigenvalue weighted by atomic mass is 16.3. The van der Waals surface area contributed by atoms with Crippen LogP contribution in [0, 0.1) is 13.8 Å². The van der Waals surface area contributed by atoms with Gasteiger partial charge in [-0.2, -0.15) is 0 Å². The Bertz CT molecular complexity index is 2080. The van der Waals surface area contributed by atoms with Gasteiger partial charge in [-0.15, -0.1) is 0 Å². The first-order chi connectivity index (χ1) is 21.4. The smallest absolute Gasteiger partial charge is 0.216 e. The lowest BCUT2D eigenvalue weighted by molar-refractivity contribution is -0.660. The molecular formula is C31H31N2O+. The molecule has 3 aromatic heterocycles. The second kappa shape index (κ2) is 7.02. The fourth-order valence-corrected chi connectivity index (χ4v) is 5.08. The number of nitrogens with zero attached hydrogens (tertiary/aromatic N) is 2. The average molecular weight is 461 g/mol. The molecule has 1 aliphatic rings. The third-order valence-electron chi connectivity index (χ3n) is 6.78. The minimum absolute atomic E-state index is 0.0498. The van der Waals surface area contributed by atoms with E-state index in [-0.39, 0.29) is 22.4 Å². The van der Waals surface area contributed by atoms with Crippen molar-refractivity contribution in [3.8, 4) is 22.4 Å². The van der Waals surface area contributed by atoms with Gasteiger partial charge in [0, 0.05) is 57.4 Å². The molecule has 0 saturated heterocycles. The van der Waals surface area contributed by atoms with Crippen LogP contribution in [0.1, 0.15) is 79.1 Å². The highest BCUT2D eigenvalue weighted by Crippen LogP contribution is 2.50. The van der Waals surface area contributed by atoms with Gasteiger partial charge in [0.05, 0.1) is 11.3 Å². The lowest BCUT2D eigenvalue weighted by Crippen LogP contribution is -2.32. The summed E-state index contributed by atoms with van der Waals surface area (Å²) in [7, 11) is 1.62. The Morgan fingerprint density at radius 2 is 1.97 bits per heavy atom. The second-order valence-corrected chi connectivity index (χ2v) is 9.00. The van der Waals surface area contributed by atoms with Crippen molar-refractivity contribution in [1.82, 2.24) is 4.98 Å². The molecule has 1 atom stereocenters. The van der Waals surface area contributed by atoms with Crippen molar-refractivity contribution in [3.05, 3.63) is 82.8 Å². The number of aromatic nitrogens is 2. The molecule has 0 saturated carbocycles. The maximum atomic E-state index is 8.66. The van der Waals surface area contributed by atoms with Gasteiger partial charge in [0.15, 0.2) is 6.20 Å². The van der Waals surface area contributed by atoms with Crippen LogP contribution in [0.3, 0.4) is 0 Å². The third-order valence-corrected chi connectivity index (χ3v) is 6.78. The van der Waals surface area contributed by atoms with Gasteiger partial charge in [-0.3, -0.25) is 4.98 Å². The Morgan fingerprint density at radius 1 is 1.09 bits per heavy atom. The standard InChI is InChI=1S/C31H31N2O/c1-17(2)24-16-33(7)26(13-19(24)4)28-18(3)10-11-20-23-14-25-22(15-27(23)34-29(20)28)21-9-8-12-32-30(21)31(25,5)6/h8-17H,1-7H3/q+1/i1D3,4D3,5D3,6D3,17D. The summed E-state index contributed by atoms with van der Waals surface area (Å²) in [5, 5.41) is 0.992. The lowest BCUT2D eigenvalue weighted by Gasteiger charge is -2.19. The van der Waals surface area contributed by atoms with Crippen molar-refractivity contribution in [1.29, 1.82) is 0 Å². The molecule has 0 spiro atoms. The van der Waals surface area contributed by atoms with E-state index in [0.717, 1.165) is 0 Å². The quantitative estimate of drug-likeness (QED) is 0.255. The number of aryl methyl sites for hydroxylation is 3. The summed E-state index contributed by atoms with van der Waals surface area (Å²) in [6, 6.07) is 11.4. The molecule has 1 unspecified atom stereocenters. The van der Waals surface area contributed by atoms with Gasteiger partial charge in [-0.1, -0.05) is 45.7 Å². The van der Waals surface area contributed by atoms with Crippen LogP contribution in [-0.2, 0) is 12.5 Å². The molecule has 0 N–H and O–H groups in total. The fraction of sp³-hybridized carbons (Fsp3) is 0.290. The summed E-state index contributed by atoms with van der Waals surface area (Å²) < 4.78 is 116. The zero-order chi connectivity index (χ0) is 34.9. The lowest BCUT2D eigenvalue weighted by atomic mass is 9.84. The molecule has 5 aromatic rings. The third kappa shape index (κ3) is 2.76. The minimum Gasteiger partial charge on any atom is -0.455 e. The van der Waals surface area contributed by atoms with E-state index in [0.29, 0.717) is 49.9 Å². The van der Waals surface area contributed by atoms with E-state index in [1.165, 1.54) is 25.4 Å². The van der Waals surface area contributed by atoms with Gasteiger partial charge >= 0.3 is 0 Å². The number of benzene rings is 2. The van der Waals surface area contributed by atoms with Crippen LogP contribution in [-0.4, -0.2) is 4.98 Å². The van der Waals surface area contributed by atoms with Crippen molar-refractivity contribution >= 4 is 21.9 Å². The average Bonchev–Trinajstić information content (AvgIpc) is 3.43. The molecule has 1 aliphatic carbocycles. The largest absolute Gasteiger partial charge is 0.455 e. The van der Waals surface area contributed by atoms with Gasteiger partial charge < -0.3 is 4.42 Å². The Hall–Kier alpha value is -3.46. The van der Waals surface area contributed by atoms with Crippen LogP contribution in [0.2, 0.25) is 0 Å². The molecule has 3 heterocycles. The summed E-state index contributed by atoms with van der Waals surface area (Å²) in [4.78, 5) is 4.29. The number of hydrogen-bond acceptors (Lipinski definition) is 2. The van der Waals surface area contributed by atoms with E-state index in [1.807, 2.05) is 0 Å². The fourth-order valence-electron chi connectivity index (χ4n) is 5.08. The molecule has 0 fully saturated rings. The van der Waals surface area contributed by atoms with E-state index < -0.39 is 38.7 Å². The van der Waals surface area contributed by atoms with Gasteiger partial charge in [0.25, 0.3) is 0 Å². The van der Waals surface area contributed by atoms with Crippen molar-refractivity contribution in [2.75, 3.05) is 0 Å². The topological polar surface area (TPSA) is 29.9 Å². The van der Waals surface area contributed by atoms with Crippen molar-refractivity contribution in [2.45, 2.75) is 52.6 Å². The number of pyridine rings is 2. The molecule has 3 heteroatoms. The highest BCUT2D eigenvalue weighted by Gasteiger charge is 2.37. The first-order valence-corrected chi connectivity index (χ1v) is 11.0. The Morgan fingerprint density at radius 3 is 2.76 bits per heavy atom. The number of fused-ring (bicyclic) bond motifs is 6. The molecule has 6 rings (SSSR count). The van der Waals surface area contributed by atoms with Crippen LogP contribution >= 0.6 is 0 Å². The Kier molecular flexibility index (Phi) is 2.34. The maximum absolute atomic E-state index is 8.66. The van der Waals surface area contributed by atoms with Crippen LogP contribution < -0.4 is 4.57 Å². The number of hydrogen-bond donors (Lipinski definition) is 0. The van der Waals surface area contributed by atoms with Crippen LogP contribution in [0.4, 0.5) is 0 Å². The predicted molar refractivity (Wildman–Crippen MR) is 139 cm³/mol. The van der Waals surface area contributed by atoms with Crippen LogP contribution in [0.15, 0.2) is 59.3 Å². The van der Waals surface area contributed by atoms with Crippen LogP contribution in [0.25, 0.3) is 44.3 Å². The molecule has 0 radical (unpaired) electrons. The zero-order valence-electron chi connectivity index (χ0n) is 32.0. The van der Waals surface area contributed by atoms with Gasteiger partial charge in [-0.25, -0.2) is 4.57 Å². The molecular weight excluding hydrogens is 416 g/mol. The molecule has 0 bridgehead atoms. The van der Waals surface area contributed by atoms with Crippen molar-refractivity contribution < 1.29 is 26.8 Å². The summed E-state index contributed by atoms with van der Waals surface area (Å²) in [6.07, 6.45) is 2.74. The maximum Gasteiger partial charge on any atom is 0.216 e. The SMILES string of the molecule is [2H]C([2H])([2H])c1cc(-c2c(C)ccc3c2oc2cc4c(cc23)C(C([2H])([2H])[2H])(C([2H])([2H])[2H])c2ncccc2-4)[n+](C)cc1C([2H])(C)C([2H])([2H])[2H]. The highest BCUT2D eigenvalue weighted by molar-refractivity contribution is 6.11. The number of furan rings is 1. The summed E-state index contributed by atoms with van der Waals surface area (Å²) in [5.74, 6) is -2.23. The molecule has 2 aromatic carbocycles. The summed E-state index contributed by atoms with van der Waals surface area (Å²) in [6.45, 7) is -8.59. The van der Waals surface area contributed by atoms with Gasteiger partial charge in [0.2, 0.25) is 5.69 Å². The Balaban J connectivity index is 1.69. The zero-order valence-corrected chi connectivity index (χ0v) is 19.0.